The summed E-state index contributed by atoms with van der Waals surface area (Å²) in [6, 6.07) is 14.5. The molecule has 3 aromatic rings. The fourth-order valence-corrected chi connectivity index (χ4v) is 6.50. The van der Waals surface area contributed by atoms with Gasteiger partial charge in [-0.05, 0) is 80.6 Å². The number of amides is 1. The van der Waals surface area contributed by atoms with Crippen molar-refractivity contribution in [1.29, 1.82) is 0 Å². The van der Waals surface area contributed by atoms with Crippen LogP contribution in [0.1, 0.15) is 44.2 Å². The number of benzene rings is 2. The van der Waals surface area contributed by atoms with E-state index in [9.17, 15) is 17.6 Å². The molecule has 202 valence electrons. The summed E-state index contributed by atoms with van der Waals surface area (Å²) >= 11 is 0. The van der Waals surface area contributed by atoms with Gasteiger partial charge in [0.25, 0.3) is 0 Å². The van der Waals surface area contributed by atoms with Crippen LogP contribution in [0.4, 0.5) is 10.2 Å². The Kier molecular flexibility index (Phi) is 7.92. The first-order chi connectivity index (χ1) is 18.3. The maximum Gasteiger partial charge on any atom is 0.240 e. The summed E-state index contributed by atoms with van der Waals surface area (Å²) in [6.07, 6.45) is 2.36. The fraction of sp³-hybridized carbons (Fsp3) is 0.429. The maximum absolute atomic E-state index is 13.2. The number of hydrogen-bond acceptors (Lipinski definition) is 6. The zero-order valence-electron chi connectivity index (χ0n) is 21.4. The van der Waals surface area contributed by atoms with Crippen LogP contribution in [0.15, 0.2) is 59.5 Å². The van der Waals surface area contributed by atoms with Gasteiger partial charge < -0.3 is 15.0 Å². The quantitative estimate of drug-likeness (QED) is 0.471. The van der Waals surface area contributed by atoms with Crippen LogP contribution >= 0.6 is 0 Å². The Hall–Kier alpha value is -3.08. The van der Waals surface area contributed by atoms with E-state index in [0.717, 1.165) is 35.4 Å². The molecule has 2 fully saturated rings. The lowest BCUT2D eigenvalue weighted by Crippen LogP contribution is -2.41. The molecule has 1 atom stereocenters. The number of morpholine rings is 1. The van der Waals surface area contributed by atoms with E-state index < -0.39 is 10.0 Å². The van der Waals surface area contributed by atoms with E-state index in [1.165, 1.54) is 12.1 Å². The molecular weight excluding hydrogens is 507 g/mol. The molecule has 0 radical (unpaired) electrons. The molecule has 8 nitrogen and oxygen atoms in total. The van der Waals surface area contributed by atoms with E-state index in [2.05, 4.69) is 14.9 Å². The monoisotopic (exact) mass is 540 g/mol. The third kappa shape index (κ3) is 6.14. The highest BCUT2D eigenvalue weighted by Gasteiger charge is 2.30. The van der Waals surface area contributed by atoms with Crippen LogP contribution in [0.25, 0.3) is 10.9 Å². The molecule has 38 heavy (non-hydrogen) atoms. The van der Waals surface area contributed by atoms with E-state index >= 15 is 0 Å². The SMILES string of the molecule is C[C@@H](NC(=O)C1CCC(NS(=O)(=O)c2ccc3nc(N4CCOCC4)ccc3c2)CC1)c1ccc(F)cc1. The molecule has 2 heterocycles. The van der Waals surface area contributed by atoms with Gasteiger partial charge in [0, 0.05) is 30.4 Å². The molecule has 2 aromatic carbocycles. The summed E-state index contributed by atoms with van der Waals surface area (Å²) in [5.74, 6) is 0.321. The highest BCUT2D eigenvalue weighted by atomic mass is 32.2. The third-order valence-corrected chi connectivity index (χ3v) is 8.96. The molecule has 0 unspecified atom stereocenters. The average Bonchev–Trinajstić information content (AvgIpc) is 2.93. The summed E-state index contributed by atoms with van der Waals surface area (Å²) in [5.41, 5.74) is 1.58. The first kappa shape index (κ1) is 26.5. The third-order valence-electron chi connectivity index (χ3n) is 7.44. The lowest BCUT2D eigenvalue weighted by atomic mass is 9.85. The van der Waals surface area contributed by atoms with Crippen LogP contribution in [-0.4, -0.2) is 51.7 Å². The number of fused-ring (bicyclic) bond motifs is 1. The topological polar surface area (TPSA) is 101 Å². The van der Waals surface area contributed by atoms with Gasteiger partial charge in [-0.2, -0.15) is 0 Å². The second-order valence-corrected chi connectivity index (χ2v) is 11.8. The number of pyridine rings is 1. The summed E-state index contributed by atoms with van der Waals surface area (Å²) in [7, 11) is -3.71. The van der Waals surface area contributed by atoms with Crippen LogP contribution in [0.5, 0.6) is 0 Å². The molecule has 10 heteroatoms. The minimum atomic E-state index is -3.71. The Bertz CT molecular complexity index is 1390. The van der Waals surface area contributed by atoms with Crippen molar-refractivity contribution in [3.05, 3.63) is 66.0 Å². The van der Waals surface area contributed by atoms with E-state index in [1.807, 2.05) is 19.1 Å². The molecule has 2 aliphatic rings. The average molecular weight is 541 g/mol. The van der Waals surface area contributed by atoms with Crippen molar-refractivity contribution in [1.82, 2.24) is 15.0 Å². The fourth-order valence-electron chi connectivity index (χ4n) is 5.16. The molecule has 2 N–H and O–H groups in total. The Morgan fingerprint density at radius 3 is 2.45 bits per heavy atom. The standard InChI is InChI=1S/C28H33FN4O4S/c1-19(20-2-7-23(29)8-3-20)30-28(34)21-4-9-24(10-5-21)32-38(35,36)25-11-12-26-22(18-25)6-13-27(31-26)33-14-16-37-17-15-33/h2-3,6-8,11-13,18-19,21,24,32H,4-5,9-10,14-17H2,1H3,(H,30,34)/t19-,21?,24?/m1/s1. The minimum Gasteiger partial charge on any atom is -0.378 e. The van der Waals surface area contributed by atoms with Crippen molar-refractivity contribution >= 4 is 32.7 Å². The van der Waals surface area contributed by atoms with Gasteiger partial charge in [0.15, 0.2) is 0 Å². The van der Waals surface area contributed by atoms with Crippen LogP contribution in [-0.2, 0) is 19.6 Å². The number of ether oxygens (including phenoxy) is 1. The number of rotatable bonds is 7. The van der Waals surface area contributed by atoms with Crippen molar-refractivity contribution in [3.63, 3.8) is 0 Å². The number of aromatic nitrogens is 1. The molecule has 5 rings (SSSR count). The van der Waals surface area contributed by atoms with Crippen molar-refractivity contribution in [3.8, 4) is 0 Å². The van der Waals surface area contributed by atoms with Crippen LogP contribution in [0, 0.1) is 11.7 Å². The van der Waals surface area contributed by atoms with E-state index in [0.29, 0.717) is 38.9 Å². The summed E-state index contributed by atoms with van der Waals surface area (Å²) < 4.78 is 47.7. The summed E-state index contributed by atoms with van der Waals surface area (Å²) in [5, 5.41) is 3.77. The number of nitrogens with zero attached hydrogens (tertiary/aromatic N) is 2. The predicted octanol–water partition coefficient (Wildman–Crippen LogP) is 3.93. The van der Waals surface area contributed by atoms with Crippen molar-refractivity contribution < 1.29 is 22.3 Å². The molecule has 1 aliphatic carbocycles. The molecule has 1 aliphatic heterocycles. The Balaban J connectivity index is 1.17. The first-order valence-corrected chi connectivity index (χ1v) is 14.6. The second kappa shape index (κ2) is 11.3. The number of sulfonamides is 1. The molecular formula is C28H33FN4O4S. The number of hydrogen-bond donors (Lipinski definition) is 2. The van der Waals surface area contributed by atoms with Crippen molar-refractivity contribution in [2.24, 2.45) is 5.92 Å². The number of carbonyl (C=O) groups excluding carboxylic acids is 1. The van der Waals surface area contributed by atoms with E-state index in [-0.39, 0.29) is 34.6 Å². The van der Waals surface area contributed by atoms with Crippen LogP contribution in [0.2, 0.25) is 0 Å². The summed E-state index contributed by atoms with van der Waals surface area (Å²) in [4.78, 5) is 19.8. The lowest BCUT2D eigenvalue weighted by Gasteiger charge is -2.29. The van der Waals surface area contributed by atoms with E-state index in [1.54, 1.807) is 30.3 Å². The molecule has 1 saturated carbocycles. The number of halogens is 1. The second-order valence-electron chi connectivity index (χ2n) is 10.1. The highest BCUT2D eigenvalue weighted by Crippen LogP contribution is 2.28. The van der Waals surface area contributed by atoms with Gasteiger partial charge >= 0.3 is 0 Å². The van der Waals surface area contributed by atoms with Crippen molar-refractivity contribution in [2.45, 2.75) is 49.6 Å². The lowest BCUT2D eigenvalue weighted by molar-refractivity contribution is -0.126. The molecule has 1 saturated heterocycles. The van der Waals surface area contributed by atoms with Gasteiger partial charge in [0.05, 0.1) is 29.7 Å². The largest absolute Gasteiger partial charge is 0.378 e. The van der Waals surface area contributed by atoms with Gasteiger partial charge in [0.1, 0.15) is 11.6 Å². The predicted molar refractivity (Wildman–Crippen MR) is 144 cm³/mol. The van der Waals surface area contributed by atoms with Crippen molar-refractivity contribution in [2.75, 3.05) is 31.2 Å². The van der Waals surface area contributed by atoms with Gasteiger partial charge in [0.2, 0.25) is 15.9 Å². The zero-order chi connectivity index (χ0) is 26.7. The van der Waals surface area contributed by atoms with Crippen LogP contribution in [0.3, 0.4) is 0 Å². The molecule has 0 bridgehead atoms. The Morgan fingerprint density at radius 1 is 1.03 bits per heavy atom. The van der Waals surface area contributed by atoms with E-state index in [4.69, 9.17) is 9.72 Å². The minimum absolute atomic E-state index is 0.0541. The maximum atomic E-state index is 13.2. The highest BCUT2D eigenvalue weighted by molar-refractivity contribution is 7.89. The van der Waals surface area contributed by atoms with Gasteiger partial charge in [-0.25, -0.2) is 22.5 Å². The first-order valence-electron chi connectivity index (χ1n) is 13.1. The Labute approximate surface area is 222 Å². The Morgan fingerprint density at radius 2 is 1.74 bits per heavy atom. The van der Waals surface area contributed by atoms with Gasteiger partial charge in [-0.15, -0.1) is 0 Å². The number of carbonyl (C=O) groups is 1. The zero-order valence-corrected chi connectivity index (χ0v) is 22.2. The van der Waals surface area contributed by atoms with Gasteiger partial charge in [-0.1, -0.05) is 12.1 Å². The number of anilines is 1. The molecule has 0 spiro atoms. The normalized spacial score (nSPS) is 21.3. The smallest absolute Gasteiger partial charge is 0.240 e. The van der Waals surface area contributed by atoms with Gasteiger partial charge in [-0.3, -0.25) is 4.79 Å². The molecule has 1 aromatic heterocycles. The van der Waals surface area contributed by atoms with Crippen LogP contribution < -0.4 is 14.9 Å². The summed E-state index contributed by atoms with van der Waals surface area (Å²) in [6.45, 7) is 4.78. The number of nitrogens with one attached hydrogen (secondary N) is 2. The molecule has 1 amide bonds.